The third-order valence-corrected chi connectivity index (χ3v) is 1.77. The fourth-order valence-electron chi connectivity index (χ4n) is 1.04. The van der Waals surface area contributed by atoms with Gasteiger partial charge in [0.15, 0.2) is 11.6 Å². The molecule has 1 rings (SSSR count). The maximum absolute atomic E-state index is 13.2. The summed E-state index contributed by atoms with van der Waals surface area (Å²) in [5.41, 5.74) is -0.0523. The topological polar surface area (TPSA) is 38.3 Å². The first-order chi connectivity index (χ1) is 7.04. The van der Waals surface area contributed by atoms with E-state index in [1.807, 2.05) is 0 Å². The van der Waals surface area contributed by atoms with Crippen LogP contribution in [0.2, 0.25) is 0 Å². The quantitative estimate of drug-likeness (QED) is 0.834. The molecule has 5 heteroatoms. The fraction of sp³-hybridized carbons (Fsp3) is 0.300. The Bertz CT molecular complexity index is 380. The lowest BCUT2D eigenvalue weighted by Crippen LogP contribution is -2.11. The second-order valence-corrected chi connectivity index (χ2v) is 3.02. The number of ketones is 1. The van der Waals surface area contributed by atoms with Gasteiger partial charge in [0, 0.05) is 12.1 Å². The molecule has 0 spiro atoms. The zero-order valence-electron chi connectivity index (χ0n) is 8.43. The van der Waals surface area contributed by atoms with E-state index in [0.29, 0.717) is 0 Å². The molecule has 0 heterocycles. The second-order valence-electron chi connectivity index (χ2n) is 3.02. The highest BCUT2D eigenvalue weighted by atomic mass is 19.1. The van der Waals surface area contributed by atoms with Crippen molar-refractivity contribution in [2.75, 3.05) is 19.0 Å². The first-order valence-corrected chi connectivity index (χ1v) is 4.31. The number of carbonyl (C=O) groups is 1. The van der Waals surface area contributed by atoms with Crippen LogP contribution in [-0.2, 0) is 4.79 Å². The average molecular weight is 215 g/mol. The van der Waals surface area contributed by atoms with E-state index < -0.39 is 11.6 Å². The molecular weight excluding hydrogens is 204 g/mol. The second kappa shape index (κ2) is 4.72. The number of carbonyl (C=O) groups excluding carboxylic acids is 1. The first-order valence-electron chi connectivity index (χ1n) is 4.31. The summed E-state index contributed by atoms with van der Waals surface area (Å²) < 4.78 is 31.0. The molecule has 0 radical (unpaired) electrons. The molecular formula is C10H11F2NO2. The molecule has 3 nitrogen and oxygen atoms in total. The Morgan fingerprint density at radius 3 is 2.60 bits per heavy atom. The molecule has 0 bridgehead atoms. The highest BCUT2D eigenvalue weighted by Gasteiger charge is 2.10. The van der Waals surface area contributed by atoms with E-state index >= 15 is 0 Å². The van der Waals surface area contributed by atoms with Gasteiger partial charge in [0.25, 0.3) is 0 Å². The van der Waals surface area contributed by atoms with Crippen LogP contribution >= 0.6 is 0 Å². The van der Waals surface area contributed by atoms with Gasteiger partial charge in [0.05, 0.1) is 19.3 Å². The highest BCUT2D eigenvalue weighted by molar-refractivity contribution is 5.80. The third kappa shape index (κ3) is 2.90. The SMILES string of the molecule is COc1cc(F)c(NCC(C)=O)cc1F. The Kier molecular flexibility index (Phi) is 3.60. The van der Waals surface area contributed by atoms with Gasteiger partial charge in [-0.1, -0.05) is 0 Å². The number of methoxy groups -OCH3 is 1. The van der Waals surface area contributed by atoms with Crippen LogP contribution in [0.3, 0.4) is 0 Å². The van der Waals surface area contributed by atoms with Crippen molar-refractivity contribution in [3.63, 3.8) is 0 Å². The van der Waals surface area contributed by atoms with Crippen LogP contribution in [-0.4, -0.2) is 19.4 Å². The van der Waals surface area contributed by atoms with E-state index in [9.17, 15) is 13.6 Å². The Morgan fingerprint density at radius 1 is 1.40 bits per heavy atom. The molecule has 1 aromatic rings. The number of ether oxygens (including phenoxy) is 1. The first kappa shape index (κ1) is 11.4. The molecule has 0 aliphatic heterocycles. The van der Waals surface area contributed by atoms with E-state index in [1.165, 1.54) is 14.0 Å². The summed E-state index contributed by atoms with van der Waals surface area (Å²) >= 11 is 0. The van der Waals surface area contributed by atoms with Crippen molar-refractivity contribution < 1.29 is 18.3 Å². The maximum Gasteiger partial charge on any atom is 0.167 e. The number of hydrogen-bond donors (Lipinski definition) is 1. The van der Waals surface area contributed by atoms with Crippen LogP contribution in [0.25, 0.3) is 0 Å². The molecule has 0 aromatic heterocycles. The molecule has 0 amide bonds. The van der Waals surface area contributed by atoms with Gasteiger partial charge < -0.3 is 10.1 Å². The molecule has 0 saturated heterocycles. The molecule has 82 valence electrons. The highest BCUT2D eigenvalue weighted by Crippen LogP contribution is 2.24. The minimum Gasteiger partial charge on any atom is -0.494 e. The summed E-state index contributed by atoms with van der Waals surface area (Å²) in [6.07, 6.45) is 0. The molecule has 0 saturated carbocycles. The normalized spacial score (nSPS) is 9.87. The molecule has 0 atom stereocenters. The van der Waals surface area contributed by atoms with Crippen LogP contribution < -0.4 is 10.1 Å². The smallest absolute Gasteiger partial charge is 0.167 e. The van der Waals surface area contributed by atoms with Crippen molar-refractivity contribution in [3.8, 4) is 5.75 Å². The van der Waals surface area contributed by atoms with Crippen LogP contribution in [0.4, 0.5) is 14.5 Å². The Hall–Kier alpha value is -1.65. The van der Waals surface area contributed by atoms with Crippen molar-refractivity contribution in [2.24, 2.45) is 0 Å². The average Bonchev–Trinajstić information content (AvgIpc) is 2.18. The van der Waals surface area contributed by atoms with Crippen LogP contribution in [0, 0.1) is 11.6 Å². The van der Waals surface area contributed by atoms with Gasteiger partial charge in [-0.25, -0.2) is 8.78 Å². The molecule has 0 aliphatic rings. The number of rotatable bonds is 4. The van der Waals surface area contributed by atoms with Gasteiger partial charge in [-0.3, -0.25) is 4.79 Å². The van der Waals surface area contributed by atoms with Crippen molar-refractivity contribution in [2.45, 2.75) is 6.92 Å². The monoisotopic (exact) mass is 215 g/mol. The van der Waals surface area contributed by atoms with Crippen LogP contribution in [0.15, 0.2) is 12.1 Å². The Labute approximate surface area is 86.0 Å². The van der Waals surface area contributed by atoms with Crippen molar-refractivity contribution in [1.82, 2.24) is 0 Å². The summed E-state index contributed by atoms with van der Waals surface area (Å²) in [7, 11) is 1.25. The van der Waals surface area contributed by atoms with E-state index in [-0.39, 0.29) is 23.8 Å². The predicted octanol–water partition coefficient (Wildman–Crippen LogP) is 1.97. The minimum atomic E-state index is -0.676. The number of nitrogens with one attached hydrogen (secondary N) is 1. The van der Waals surface area contributed by atoms with Crippen molar-refractivity contribution >= 4 is 11.5 Å². The summed E-state index contributed by atoms with van der Waals surface area (Å²) in [5, 5.41) is 2.48. The molecule has 0 fully saturated rings. The van der Waals surface area contributed by atoms with Gasteiger partial charge >= 0.3 is 0 Å². The van der Waals surface area contributed by atoms with Gasteiger partial charge in [0.2, 0.25) is 0 Å². The van der Waals surface area contributed by atoms with Gasteiger partial charge in [-0.2, -0.15) is 0 Å². The Balaban J connectivity index is 2.90. The van der Waals surface area contributed by atoms with Crippen LogP contribution in [0.5, 0.6) is 5.75 Å². The maximum atomic E-state index is 13.2. The number of anilines is 1. The van der Waals surface area contributed by atoms with Gasteiger partial charge in [0.1, 0.15) is 11.6 Å². The number of benzene rings is 1. The summed E-state index contributed by atoms with van der Waals surface area (Å²) in [5.74, 6) is -1.66. The predicted molar refractivity (Wildman–Crippen MR) is 52.1 cm³/mol. The lowest BCUT2D eigenvalue weighted by molar-refractivity contribution is -0.115. The van der Waals surface area contributed by atoms with Gasteiger partial charge in [-0.05, 0) is 6.92 Å². The zero-order valence-corrected chi connectivity index (χ0v) is 8.43. The number of Topliss-reactive ketones (excluding diaryl/α,β-unsaturated/α-hetero) is 1. The lowest BCUT2D eigenvalue weighted by Gasteiger charge is -2.08. The Morgan fingerprint density at radius 2 is 2.07 bits per heavy atom. The van der Waals surface area contributed by atoms with Crippen molar-refractivity contribution in [1.29, 1.82) is 0 Å². The molecule has 1 N–H and O–H groups in total. The van der Waals surface area contributed by atoms with E-state index in [1.54, 1.807) is 0 Å². The third-order valence-electron chi connectivity index (χ3n) is 1.77. The standard InChI is InChI=1S/C10H11F2NO2/c1-6(14)5-13-9-3-8(12)10(15-2)4-7(9)11/h3-4,13H,5H2,1-2H3. The van der Waals surface area contributed by atoms with Crippen LogP contribution in [0.1, 0.15) is 6.92 Å². The van der Waals surface area contributed by atoms with E-state index in [2.05, 4.69) is 10.1 Å². The number of hydrogen-bond acceptors (Lipinski definition) is 3. The molecule has 0 unspecified atom stereocenters. The van der Waals surface area contributed by atoms with E-state index in [4.69, 9.17) is 0 Å². The zero-order chi connectivity index (χ0) is 11.4. The minimum absolute atomic E-state index is 0.0390. The number of halogens is 2. The van der Waals surface area contributed by atoms with E-state index in [0.717, 1.165) is 12.1 Å². The summed E-state index contributed by atoms with van der Waals surface area (Å²) in [6.45, 7) is 1.31. The molecule has 1 aromatic carbocycles. The lowest BCUT2D eigenvalue weighted by atomic mass is 10.2. The fourth-order valence-corrected chi connectivity index (χ4v) is 1.04. The summed E-state index contributed by atoms with van der Waals surface area (Å²) in [6, 6.07) is 1.88. The molecule has 0 aliphatic carbocycles. The van der Waals surface area contributed by atoms with Gasteiger partial charge in [-0.15, -0.1) is 0 Å². The van der Waals surface area contributed by atoms with Crippen molar-refractivity contribution in [3.05, 3.63) is 23.8 Å². The molecule has 15 heavy (non-hydrogen) atoms. The summed E-state index contributed by atoms with van der Waals surface area (Å²) in [4.78, 5) is 10.6. The largest absolute Gasteiger partial charge is 0.494 e.